The molecular weight excluding hydrogens is 396 g/mol. The number of hydrogen-bond donors (Lipinski definition) is 3. The molecule has 146 valence electrons. The molecule has 1 aromatic carbocycles. The summed E-state index contributed by atoms with van der Waals surface area (Å²) in [6, 6.07) is 11.2. The van der Waals surface area contributed by atoms with Crippen molar-refractivity contribution in [3.63, 3.8) is 0 Å². The van der Waals surface area contributed by atoms with Gasteiger partial charge in [-0.2, -0.15) is 11.8 Å². The normalized spacial score (nSPS) is 10.5. The van der Waals surface area contributed by atoms with Gasteiger partial charge in [0.1, 0.15) is 17.3 Å². The number of aliphatic hydroxyl groups excluding tert-OH is 1. The highest BCUT2D eigenvalue weighted by Gasteiger charge is 2.12. The quantitative estimate of drug-likeness (QED) is 0.457. The summed E-state index contributed by atoms with van der Waals surface area (Å²) in [7, 11) is 1.62. The lowest BCUT2D eigenvalue weighted by Gasteiger charge is -2.05. The number of benzene rings is 1. The summed E-state index contributed by atoms with van der Waals surface area (Å²) in [5.74, 6) is 2.36. The lowest BCUT2D eigenvalue weighted by molar-refractivity contribution is 0.102. The third kappa shape index (κ3) is 5.69. The highest BCUT2D eigenvalue weighted by Crippen LogP contribution is 2.23. The number of pyridine rings is 1. The van der Waals surface area contributed by atoms with Gasteiger partial charge >= 0.3 is 0 Å². The fraction of sp³-hybridized carbons (Fsp3) is 0.211. The van der Waals surface area contributed by atoms with Gasteiger partial charge in [0, 0.05) is 28.8 Å². The van der Waals surface area contributed by atoms with Crippen molar-refractivity contribution in [2.24, 2.45) is 0 Å². The Morgan fingerprint density at radius 1 is 1.29 bits per heavy atom. The molecule has 2 aromatic heterocycles. The van der Waals surface area contributed by atoms with Crippen molar-refractivity contribution in [1.82, 2.24) is 9.97 Å². The van der Waals surface area contributed by atoms with Crippen LogP contribution in [0.1, 0.15) is 16.1 Å². The second-order valence-electron chi connectivity index (χ2n) is 5.67. The third-order valence-electron chi connectivity index (χ3n) is 3.65. The SMILES string of the molecule is COc1ccc(Nc2nc(C(=O)Nc3cc(CSCCO)ccn3)cs2)cc1. The number of nitrogens with zero attached hydrogens (tertiary/aromatic N) is 2. The molecule has 0 aliphatic carbocycles. The van der Waals surface area contributed by atoms with Crippen LogP contribution in [0.4, 0.5) is 16.6 Å². The maximum Gasteiger partial charge on any atom is 0.276 e. The molecule has 0 saturated heterocycles. The van der Waals surface area contributed by atoms with Gasteiger partial charge in [-0.3, -0.25) is 4.79 Å². The molecule has 2 heterocycles. The van der Waals surface area contributed by atoms with E-state index in [1.54, 1.807) is 30.4 Å². The smallest absolute Gasteiger partial charge is 0.276 e. The Morgan fingerprint density at radius 2 is 2.11 bits per heavy atom. The Hall–Kier alpha value is -2.62. The number of carbonyl (C=O) groups excluding carboxylic acids is 1. The average Bonchev–Trinajstić information content (AvgIpc) is 3.18. The van der Waals surface area contributed by atoms with E-state index in [0.29, 0.717) is 22.4 Å². The summed E-state index contributed by atoms with van der Waals surface area (Å²) < 4.78 is 5.14. The number of hydrogen-bond acceptors (Lipinski definition) is 8. The monoisotopic (exact) mass is 416 g/mol. The maximum absolute atomic E-state index is 12.4. The average molecular weight is 417 g/mol. The number of ether oxygens (including phenoxy) is 1. The Balaban J connectivity index is 1.60. The topological polar surface area (TPSA) is 96.4 Å². The maximum atomic E-state index is 12.4. The molecule has 3 N–H and O–H groups in total. The molecule has 0 bridgehead atoms. The molecule has 0 aliphatic rings. The van der Waals surface area contributed by atoms with Crippen LogP contribution in [0.5, 0.6) is 5.75 Å². The predicted molar refractivity (Wildman–Crippen MR) is 114 cm³/mol. The molecule has 28 heavy (non-hydrogen) atoms. The van der Waals surface area contributed by atoms with Crippen LogP contribution in [0.3, 0.4) is 0 Å². The van der Waals surface area contributed by atoms with E-state index in [9.17, 15) is 4.79 Å². The summed E-state index contributed by atoms with van der Waals surface area (Å²) >= 11 is 2.97. The van der Waals surface area contributed by atoms with E-state index < -0.39 is 0 Å². The van der Waals surface area contributed by atoms with Crippen molar-refractivity contribution in [3.8, 4) is 5.75 Å². The molecule has 0 fully saturated rings. The van der Waals surface area contributed by atoms with Crippen molar-refractivity contribution >= 4 is 45.6 Å². The number of aromatic nitrogens is 2. The van der Waals surface area contributed by atoms with Crippen molar-refractivity contribution in [3.05, 3.63) is 59.2 Å². The molecular formula is C19H20N4O3S2. The van der Waals surface area contributed by atoms with E-state index in [-0.39, 0.29) is 12.5 Å². The van der Waals surface area contributed by atoms with Crippen LogP contribution in [0.15, 0.2) is 48.0 Å². The molecule has 3 rings (SSSR count). The minimum atomic E-state index is -0.313. The number of nitrogens with one attached hydrogen (secondary N) is 2. The second kappa shape index (κ2) is 10.1. The van der Waals surface area contributed by atoms with Gasteiger partial charge in [-0.15, -0.1) is 11.3 Å². The molecule has 0 atom stereocenters. The Morgan fingerprint density at radius 3 is 2.86 bits per heavy atom. The zero-order valence-corrected chi connectivity index (χ0v) is 16.8. The molecule has 0 unspecified atom stereocenters. The Labute approximate surface area is 171 Å². The van der Waals surface area contributed by atoms with Gasteiger partial charge in [0.25, 0.3) is 5.91 Å². The summed E-state index contributed by atoms with van der Waals surface area (Å²) in [4.78, 5) is 21.0. The number of anilines is 3. The number of methoxy groups -OCH3 is 1. The van der Waals surface area contributed by atoms with Crippen molar-refractivity contribution in [2.45, 2.75) is 5.75 Å². The van der Waals surface area contributed by atoms with E-state index in [2.05, 4.69) is 20.6 Å². The zero-order chi connectivity index (χ0) is 19.8. The second-order valence-corrected chi connectivity index (χ2v) is 7.63. The van der Waals surface area contributed by atoms with Crippen molar-refractivity contribution < 1.29 is 14.6 Å². The molecule has 0 radical (unpaired) electrons. The van der Waals surface area contributed by atoms with E-state index in [0.717, 1.165) is 22.8 Å². The summed E-state index contributed by atoms with van der Waals surface area (Å²) in [5, 5.41) is 17.1. The standard InChI is InChI=1S/C19H20N4O3S2/c1-26-15-4-2-14(3-5-15)21-19-22-16(12-28-19)18(25)23-17-10-13(6-7-20-17)11-27-9-8-24/h2-7,10,12,24H,8-9,11H2,1H3,(H,21,22)(H,20,23,25). The van der Waals surface area contributed by atoms with Crippen LogP contribution in [-0.4, -0.2) is 40.5 Å². The van der Waals surface area contributed by atoms with Crippen molar-refractivity contribution in [2.75, 3.05) is 30.1 Å². The predicted octanol–water partition coefficient (Wildman–Crippen LogP) is 3.77. The largest absolute Gasteiger partial charge is 0.497 e. The lowest BCUT2D eigenvalue weighted by Crippen LogP contribution is -2.13. The number of carbonyl (C=O) groups is 1. The summed E-state index contributed by atoms with van der Waals surface area (Å²) in [6.45, 7) is 0.149. The van der Waals surface area contributed by atoms with Crippen LogP contribution in [0.2, 0.25) is 0 Å². The first-order valence-corrected chi connectivity index (χ1v) is 10.5. The van der Waals surface area contributed by atoms with Gasteiger partial charge < -0.3 is 20.5 Å². The van der Waals surface area contributed by atoms with Gasteiger partial charge in [-0.05, 0) is 42.0 Å². The van der Waals surface area contributed by atoms with Crippen LogP contribution >= 0.6 is 23.1 Å². The molecule has 7 nitrogen and oxygen atoms in total. The van der Waals surface area contributed by atoms with Crippen LogP contribution in [0, 0.1) is 0 Å². The number of rotatable bonds is 9. The Bertz CT molecular complexity index is 916. The van der Waals surface area contributed by atoms with Crippen LogP contribution in [0.25, 0.3) is 0 Å². The van der Waals surface area contributed by atoms with Crippen LogP contribution < -0.4 is 15.4 Å². The van der Waals surface area contributed by atoms with Gasteiger partial charge in [-0.1, -0.05) is 0 Å². The van der Waals surface area contributed by atoms with Gasteiger partial charge in [0.15, 0.2) is 5.13 Å². The van der Waals surface area contributed by atoms with Crippen LogP contribution in [-0.2, 0) is 5.75 Å². The number of thiazole rings is 1. The molecule has 0 saturated carbocycles. The third-order valence-corrected chi connectivity index (χ3v) is 5.41. The molecule has 3 aromatic rings. The van der Waals surface area contributed by atoms with Gasteiger partial charge in [0.2, 0.25) is 0 Å². The lowest BCUT2D eigenvalue weighted by atomic mass is 10.3. The molecule has 1 amide bonds. The summed E-state index contributed by atoms with van der Waals surface area (Å²) in [5.41, 5.74) is 2.21. The fourth-order valence-electron chi connectivity index (χ4n) is 2.30. The minimum absolute atomic E-state index is 0.149. The van der Waals surface area contributed by atoms with Crippen molar-refractivity contribution in [1.29, 1.82) is 0 Å². The number of thioether (sulfide) groups is 1. The first-order valence-electron chi connectivity index (χ1n) is 8.49. The minimum Gasteiger partial charge on any atom is -0.497 e. The van der Waals surface area contributed by atoms with Gasteiger partial charge in [-0.25, -0.2) is 9.97 Å². The van der Waals surface area contributed by atoms with E-state index in [4.69, 9.17) is 9.84 Å². The fourth-order valence-corrected chi connectivity index (χ4v) is 3.70. The highest BCUT2D eigenvalue weighted by atomic mass is 32.2. The van der Waals surface area contributed by atoms with E-state index in [1.807, 2.05) is 36.4 Å². The number of aliphatic hydroxyl groups is 1. The number of amides is 1. The molecule has 9 heteroatoms. The zero-order valence-electron chi connectivity index (χ0n) is 15.2. The van der Waals surface area contributed by atoms with E-state index >= 15 is 0 Å². The van der Waals surface area contributed by atoms with E-state index in [1.165, 1.54) is 11.3 Å². The highest BCUT2D eigenvalue weighted by molar-refractivity contribution is 7.98. The summed E-state index contributed by atoms with van der Waals surface area (Å²) in [6.07, 6.45) is 1.65. The first-order chi connectivity index (χ1) is 13.7. The van der Waals surface area contributed by atoms with Gasteiger partial charge in [0.05, 0.1) is 13.7 Å². The first kappa shape index (κ1) is 20.1. The Kier molecular flexibility index (Phi) is 7.24. The molecule has 0 spiro atoms. The molecule has 0 aliphatic heterocycles.